The standard InChI is InChI=1S/C14H17N3O3S/c1-19-14(18)10-2-5-17(6-3-10)8-12-15-13(16-20-12)11-4-7-21-9-11/h4,7,9-10H,2-3,5-6,8H2,1H3. The molecule has 0 spiro atoms. The maximum absolute atomic E-state index is 11.5. The topological polar surface area (TPSA) is 68.5 Å². The number of nitrogens with zero attached hydrogens (tertiary/aromatic N) is 3. The quantitative estimate of drug-likeness (QED) is 0.807. The molecule has 6 nitrogen and oxygen atoms in total. The van der Waals surface area contributed by atoms with E-state index in [1.54, 1.807) is 11.3 Å². The number of hydrogen-bond acceptors (Lipinski definition) is 7. The van der Waals surface area contributed by atoms with E-state index in [9.17, 15) is 4.79 Å². The molecule has 0 aromatic carbocycles. The van der Waals surface area contributed by atoms with Crippen molar-refractivity contribution in [2.45, 2.75) is 19.4 Å². The molecular weight excluding hydrogens is 290 g/mol. The number of piperidine rings is 1. The molecule has 1 aliphatic heterocycles. The zero-order valence-corrected chi connectivity index (χ0v) is 12.6. The molecule has 3 heterocycles. The van der Waals surface area contributed by atoms with Crippen molar-refractivity contribution in [3.8, 4) is 11.4 Å². The van der Waals surface area contributed by atoms with E-state index in [4.69, 9.17) is 9.26 Å². The number of hydrogen-bond donors (Lipinski definition) is 0. The summed E-state index contributed by atoms with van der Waals surface area (Å²) in [7, 11) is 1.44. The Hall–Kier alpha value is -1.73. The number of methoxy groups -OCH3 is 1. The van der Waals surface area contributed by atoms with Crippen LogP contribution in [0, 0.1) is 5.92 Å². The van der Waals surface area contributed by atoms with Crippen LogP contribution in [0.4, 0.5) is 0 Å². The van der Waals surface area contributed by atoms with E-state index in [2.05, 4.69) is 15.0 Å². The average Bonchev–Trinajstić information content (AvgIpc) is 3.18. The Morgan fingerprint density at radius 1 is 1.52 bits per heavy atom. The van der Waals surface area contributed by atoms with E-state index < -0.39 is 0 Å². The lowest BCUT2D eigenvalue weighted by Gasteiger charge is -2.29. The summed E-state index contributed by atoms with van der Waals surface area (Å²) in [5.41, 5.74) is 0.986. The molecule has 0 saturated carbocycles. The number of aromatic nitrogens is 2. The molecule has 2 aromatic rings. The predicted molar refractivity (Wildman–Crippen MR) is 77.6 cm³/mol. The normalized spacial score (nSPS) is 17.0. The summed E-state index contributed by atoms with van der Waals surface area (Å²) in [4.78, 5) is 18.1. The van der Waals surface area contributed by atoms with Gasteiger partial charge in [-0.2, -0.15) is 16.3 Å². The minimum absolute atomic E-state index is 0.0234. The Morgan fingerprint density at radius 2 is 2.33 bits per heavy atom. The molecule has 1 aliphatic rings. The van der Waals surface area contributed by atoms with Gasteiger partial charge in [-0.1, -0.05) is 5.16 Å². The van der Waals surface area contributed by atoms with Crippen molar-refractivity contribution in [3.05, 3.63) is 22.7 Å². The van der Waals surface area contributed by atoms with Gasteiger partial charge < -0.3 is 9.26 Å². The molecule has 0 aliphatic carbocycles. The molecule has 0 bridgehead atoms. The Bertz CT molecular complexity index is 588. The van der Waals surface area contributed by atoms with Crippen LogP contribution < -0.4 is 0 Å². The Kier molecular flexibility index (Phi) is 4.31. The highest BCUT2D eigenvalue weighted by Gasteiger charge is 2.26. The van der Waals surface area contributed by atoms with Crippen LogP contribution in [0.25, 0.3) is 11.4 Å². The summed E-state index contributed by atoms with van der Waals surface area (Å²) in [6.45, 7) is 2.32. The van der Waals surface area contributed by atoms with E-state index in [-0.39, 0.29) is 11.9 Å². The Balaban J connectivity index is 1.55. The van der Waals surface area contributed by atoms with Gasteiger partial charge in [-0.25, -0.2) is 0 Å². The molecule has 0 atom stereocenters. The van der Waals surface area contributed by atoms with E-state index in [0.29, 0.717) is 18.3 Å². The van der Waals surface area contributed by atoms with Crippen LogP contribution in [-0.4, -0.2) is 41.2 Å². The number of thiophene rings is 1. The van der Waals surface area contributed by atoms with E-state index in [1.807, 2.05) is 16.8 Å². The molecule has 0 N–H and O–H groups in total. The molecule has 0 amide bonds. The summed E-state index contributed by atoms with van der Waals surface area (Å²) < 4.78 is 10.1. The fourth-order valence-corrected chi connectivity index (χ4v) is 3.15. The Morgan fingerprint density at radius 3 is 3.00 bits per heavy atom. The van der Waals surface area contributed by atoms with Crippen molar-refractivity contribution in [2.75, 3.05) is 20.2 Å². The van der Waals surface area contributed by atoms with Gasteiger partial charge in [0.05, 0.1) is 19.6 Å². The van der Waals surface area contributed by atoms with E-state index >= 15 is 0 Å². The van der Waals surface area contributed by atoms with Crippen molar-refractivity contribution in [3.63, 3.8) is 0 Å². The highest BCUT2D eigenvalue weighted by Crippen LogP contribution is 2.22. The fourth-order valence-electron chi connectivity index (χ4n) is 2.51. The first-order valence-electron chi connectivity index (χ1n) is 6.91. The molecule has 1 fully saturated rings. The first-order valence-corrected chi connectivity index (χ1v) is 7.86. The van der Waals surface area contributed by atoms with Gasteiger partial charge in [-0.3, -0.25) is 9.69 Å². The second-order valence-corrected chi connectivity index (χ2v) is 5.88. The highest BCUT2D eigenvalue weighted by molar-refractivity contribution is 7.08. The number of likely N-dealkylation sites (tertiary alicyclic amines) is 1. The lowest BCUT2D eigenvalue weighted by Crippen LogP contribution is -2.36. The third-order valence-corrected chi connectivity index (χ3v) is 4.41. The van der Waals surface area contributed by atoms with Crippen LogP contribution in [0.3, 0.4) is 0 Å². The smallest absolute Gasteiger partial charge is 0.308 e. The van der Waals surface area contributed by atoms with Crippen LogP contribution in [0.1, 0.15) is 18.7 Å². The molecule has 21 heavy (non-hydrogen) atoms. The van der Waals surface area contributed by atoms with Crippen molar-refractivity contribution in [1.82, 2.24) is 15.0 Å². The lowest BCUT2D eigenvalue weighted by atomic mass is 9.97. The van der Waals surface area contributed by atoms with Crippen LogP contribution >= 0.6 is 11.3 Å². The summed E-state index contributed by atoms with van der Waals surface area (Å²) in [5, 5.41) is 7.99. The molecule has 7 heteroatoms. The van der Waals surface area contributed by atoms with Gasteiger partial charge in [0.25, 0.3) is 0 Å². The van der Waals surface area contributed by atoms with Crippen molar-refractivity contribution in [2.24, 2.45) is 5.92 Å². The van der Waals surface area contributed by atoms with Gasteiger partial charge in [0.2, 0.25) is 11.7 Å². The Labute approximate surface area is 126 Å². The zero-order chi connectivity index (χ0) is 14.7. The molecular formula is C14H17N3O3S. The molecule has 3 rings (SSSR count). The largest absolute Gasteiger partial charge is 0.469 e. The van der Waals surface area contributed by atoms with Gasteiger partial charge in [0.15, 0.2) is 0 Å². The zero-order valence-electron chi connectivity index (χ0n) is 11.8. The number of ether oxygens (including phenoxy) is 1. The summed E-state index contributed by atoms with van der Waals surface area (Å²) in [6.07, 6.45) is 1.64. The third kappa shape index (κ3) is 3.30. The minimum atomic E-state index is -0.104. The van der Waals surface area contributed by atoms with E-state index in [0.717, 1.165) is 31.5 Å². The first kappa shape index (κ1) is 14.2. The van der Waals surface area contributed by atoms with Crippen LogP contribution in [0.5, 0.6) is 0 Å². The van der Waals surface area contributed by atoms with Crippen LogP contribution in [-0.2, 0) is 16.1 Å². The maximum Gasteiger partial charge on any atom is 0.308 e. The van der Waals surface area contributed by atoms with Gasteiger partial charge in [-0.15, -0.1) is 0 Å². The van der Waals surface area contributed by atoms with Crippen molar-refractivity contribution < 1.29 is 14.1 Å². The molecule has 112 valence electrons. The monoisotopic (exact) mass is 307 g/mol. The molecule has 0 radical (unpaired) electrons. The summed E-state index contributed by atoms with van der Waals surface area (Å²) in [6, 6.07) is 1.97. The van der Waals surface area contributed by atoms with Crippen molar-refractivity contribution in [1.29, 1.82) is 0 Å². The van der Waals surface area contributed by atoms with Gasteiger partial charge in [0.1, 0.15) is 0 Å². The van der Waals surface area contributed by atoms with Crippen LogP contribution in [0.2, 0.25) is 0 Å². The maximum atomic E-state index is 11.5. The SMILES string of the molecule is COC(=O)C1CCN(Cc2nc(-c3ccsc3)no2)CC1. The predicted octanol–water partition coefficient (Wildman–Crippen LogP) is 2.18. The van der Waals surface area contributed by atoms with E-state index in [1.165, 1.54) is 7.11 Å². The number of esters is 1. The molecule has 2 aromatic heterocycles. The highest BCUT2D eigenvalue weighted by atomic mass is 32.1. The summed E-state index contributed by atoms with van der Waals surface area (Å²) in [5.74, 6) is 1.17. The van der Waals surface area contributed by atoms with Gasteiger partial charge >= 0.3 is 5.97 Å². The number of carbonyl (C=O) groups excluding carboxylic acids is 1. The minimum Gasteiger partial charge on any atom is -0.469 e. The average molecular weight is 307 g/mol. The van der Waals surface area contributed by atoms with Crippen molar-refractivity contribution >= 4 is 17.3 Å². The third-order valence-electron chi connectivity index (χ3n) is 3.73. The molecule has 1 saturated heterocycles. The number of rotatable bonds is 4. The first-order chi connectivity index (χ1) is 10.3. The van der Waals surface area contributed by atoms with Crippen LogP contribution in [0.15, 0.2) is 21.3 Å². The fraction of sp³-hybridized carbons (Fsp3) is 0.500. The molecule has 0 unspecified atom stereocenters. The number of carbonyl (C=O) groups is 1. The summed E-state index contributed by atoms with van der Waals surface area (Å²) >= 11 is 1.61. The van der Waals surface area contributed by atoms with Gasteiger partial charge in [0, 0.05) is 10.9 Å². The van der Waals surface area contributed by atoms with Gasteiger partial charge in [-0.05, 0) is 37.4 Å². The lowest BCUT2D eigenvalue weighted by molar-refractivity contribution is -0.147. The second kappa shape index (κ2) is 6.36. The second-order valence-electron chi connectivity index (χ2n) is 5.10.